The number of methoxy groups -OCH3 is 2. The van der Waals surface area contributed by atoms with Crippen LogP contribution in [0.4, 0.5) is 0 Å². The Labute approximate surface area is 267 Å². The fourth-order valence-corrected chi connectivity index (χ4v) is 5.98. The lowest BCUT2D eigenvalue weighted by molar-refractivity contribution is 0.0557. The molecular formula is C39H57NO4. The van der Waals surface area contributed by atoms with E-state index in [1.54, 1.807) is 14.2 Å². The Kier molecular flexibility index (Phi) is 13.5. The smallest absolute Gasteiger partial charge is 0.160 e. The molecule has 0 amide bonds. The van der Waals surface area contributed by atoms with E-state index in [0.717, 1.165) is 104 Å². The van der Waals surface area contributed by atoms with Gasteiger partial charge in [-0.25, -0.2) is 0 Å². The van der Waals surface area contributed by atoms with Crippen molar-refractivity contribution in [3.05, 3.63) is 81.0 Å². The van der Waals surface area contributed by atoms with Crippen LogP contribution < -0.4 is 19.5 Å². The number of hydrogen-bond acceptors (Lipinski definition) is 5. The van der Waals surface area contributed by atoms with E-state index in [1.807, 2.05) is 19.1 Å². The van der Waals surface area contributed by atoms with E-state index in [9.17, 15) is 5.11 Å². The number of fused-ring (bicyclic) bond motifs is 1. The molecule has 0 aliphatic carbocycles. The predicted molar refractivity (Wildman–Crippen MR) is 185 cm³/mol. The highest BCUT2D eigenvalue weighted by Gasteiger charge is 2.34. The Balaban J connectivity index is 1.57. The normalized spacial score (nSPS) is 16.8. The number of benzene rings is 2. The van der Waals surface area contributed by atoms with Gasteiger partial charge in [-0.2, -0.15) is 0 Å². The molecule has 0 radical (unpaired) electrons. The van der Waals surface area contributed by atoms with Gasteiger partial charge in [0, 0.05) is 17.7 Å². The van der Waals surface area contributed by atoms with Gasteiger partial charge in [-0.05, 0) is 142 Å². The second-order valence-corrected chi connectivity index (χ2v) is 13.1. The van der Waals surface area contributed by atoms with Crippen molar-refractivity contribution < 1.29 is 19.3 Å². The van der Waals surface area contributed by atoms with Crippen LogP contribution in [0.2, 0.25) is 0 Å². The molecule has 0 spiro atoms. The van der Waals surface area contributed by atoms with Gasteiger partial charge in [-0.3, -0.25) is 0 Å². The van der Waals surface area contributed by atoms with Crippen LogP contribution >= 0.6 is 0 Å². The van der Waals surface area contributed by atoms with Crippen molar-refractivity contribution >= 4 is 0 Å². The van der Waals surface area contributed by atoms with Crippen molar-refractivity contribution in [1.82, 2.24) is 5.32 Å². The maximum Gasteiger partial charge on any atom is 0.160 e. The Morgan fingerprint density at radius 3 is 2.25 bits per heavy atom. The van der Waals surface area contributed by atoms with Gasteiger partial charge in [0.15, 0.2) is 11.5 Å². The van der Waals surface area contributed by atoms with E-state index in [-0.39, 0.29) is 5.60 Å². The van der Waals surface area contributed by atoms with Crippen LogP contribution in [0.15, 0.2) is 53.1 Å². The van der Waals surface area contributed by atoms with Crippen LogP contribution in [0.25, 0.3) is 0 Å². The Morgan fingerprint density at radius 1 is 0.932 bits per heavy atom. The van der Waals surface area contributed by atoms with Crippen molar-refractivity contribution in [1.29, 1.82) is 0 Å². The molecule has 0 fully saturated rings. The lowest BCUT2D eigenvalue weighted by Crippen LogP contribution is -2.37. The summed E-state index contributed by atoms with van der Waals surface area (Å²) in [6.45, 7) is 16.6. The molecule has 0 unspecified atom stereocenters. The van der Waals surface area contributed by atoms with Gasteiger partial charge in [0.2, 0.25) is 0 Å². The Morgan fingerprint density at radius 2 is 1.59 bits per heavy atom. The van der Waals surface area contributed by atoms with Crippen molar-refractivity contribution in [2.75, 3.05) is 20.8 Å². The zero-order valence-corrected chi connectivity index (χ0v) is 28.9. The standard InChI is InChI=1S/C39H57NO4/c1-27(2)13-10-14-28(3)15-11-16-29(4)17-12-22-39(7)23-20-33-34(37(41)30(5)31(6)38(33)44-39)26-40-24-21-32-18-19-35(42-8)36(25-32)43-9/h13,15,17-19,25,40-41H,10-12,14,16,20-24,26H2,1-9H3/t39-/m1/s1. The average molecular weight is 604 g/mol. The molecule has 2 aromatic rings. The third kappa shape index (κ3) is 9.92. The van der Waals surface area contributed by atoms with Gasteiger partial charge >= 0.3 is 0 Å². The van der Waals surface area contributed by atoms with Gasteiger partial charge in [-0.15, -0.1) is 0 Å². The first-order valence-electron chi connectivity index (χ1n) is 16.4. The fourth-order valence-electron chi connectivity index (χ4n) is 5.98. The van der Waals surface area contributed by atoms with E-state index >= 15 is 0 Å². The van der Waals surface area contributed by atoms with Crippen LogP contribution in [0.5, 0.6) is 23.0 Å². The summed E-state index contributed by atoms with van der Waals surface area (Å²) < 4.78 is 17.6. The van der Waals surface area contributed by atoms with Gasteiger partial charge in [0.05, 0.1) is 14.2 Å². The topological polar surface area (TPSA) is 60.0 Å². The van der Waals surface area contributed by atoms with Crippen LogP contribution in [-0.4, -0.2) is 31.5 Å². The number of rotatable bonds is 16. The lowest BCUT2D eigenvalue weighted by Gasteiger charge is -2.38. The predicted octanol–water partition coefficient (Wildman–Crippen LogP) is 9.64. The van der Waals surface area contributed by atoms with Gasteiger partial charge < -0.3 is 24.6 Å². The molecular weight excluding hydrogens is 546 g/mol. The number of phenolic OH excluding ortho intramolecular Hbond substituents is 1. The maximum atomic E-state index is 11.1. The van der Waals surface area contributed by atoms with E-state index < -0.39 is 0 Å². The van der Waals surface area contributed by atoms with Crippen LogP contribution in [0.1, 0.15) is 107 Å². The number of aromatic hydroxyl groups is 1. The number of phenols is 1. The molecule has 242 valence electrons. The first-order valence-corrected chi connectivity index (χ1v) is 16.4. The molecule has 5 nitrogen and oxygen atoms in total. The van der Waals surface area contributed by atoms with E-state index in [1.165, 1.54) is 22.3 Å². The van der Waals surface area contributed by atoms with Crippen LogP contribution in [0, 0.1) is 13.8 Å². The van der Waals surface area contributed by atoms with Gasteiger partial charge in [0.25, 0.3) is 0 Å². The number of ether oxygens (including phenoxy) is 3. The van der Waals surface area contributed by atoms with E-state index in [2.05, 4.69) is 71.2 Å². The largest absolute Gasteiger partial charge is 0.507 e. The molecule has 2 N–H and O–H groups in total. The highest BCUT2D eigenvalue weighted by Crippen LogP contribution is 2.44. The van der Waals surface area contributed by atoms with E-state index in [0.29, 0.717) is 12.3 Å². The molecule has 3 rings (SSSR count). The highest BCUT2D eigenvalue weighted by molar-refractivity contribution is 5.59. The highest BCUT2D eigenvalue weighted by atomic mass is 16.5. The summed E-state index contributed by atoms with van der Waals surface area (Å²) in [6, 6.07) is 6.03. The van der Waals surface area contributed by atoms with Crippen LogP contribution in [-0.2, 0) is 19.4 Å². The SMILES string of the molecule is COc1ccc(CCNCc2c(O)c(C)c(C)c3c2CC[C@@](C)(CCC=C(C)CCC=C(C)CCC=C(C)C)O3)cc1OC. The summed E-state index contributed by atoms with van der Waals surface area (Å²) >= 11 is 0. The number of allylic oxidation sites excluding steroid dienone is 6. The summed E-state index contributed by atoms with van der Waals surface area (Å²) in [7, 11) is 3.31. The second-order valence-electron chi connectivity index (χ2n) is 13.1. The summed E-state index contributed by atoms with van der Waals surface area (Å²) in [4.78, 5) is 0. The van der Waals surface area contributed by atoms with Crippen LogP contribution in [0.3, 0.4) is 0 Å². The zero-order chi connectivity index (χ0) is 32.3. The van der Waals surface area contributed by atoms with Crippen molar-refractivity contribution in [2.24, 2.45) is 0 Å². The molecule has 1 aliphatic heterocycles. The molecule has 0 aromatic heterocycles. The van der Waals surface area contributed by atoms with Crippen molar-refractivity contribution in [3.8, 4) is 23.0 Å². The summed E-state index contributed by atoms with van der Waals surface area (Å²) in [5, 5.41) is 14.7. The number of nitrogens with one attached hydrogen (secondary N) is 1. The fraction of sp³-hybridized carbons (Fsp3) is 0.538. The third-order valence-corrected chi connectivity index (χ3v) is 9.06. The molecule has 44 heavy (non-hydrogen) atoms. The molecule has 0 saturated heterocycles. The zero-order valence-electron chi connectivity index (χ0n) is 28.9. The lowest BCUT2D eigenvalue weighted by atomic mass is 9.84. The average Bonchev–Trinajstić information content (AvgIpc) is 2.99. The molecule has 1 atom stereocenters. The maximum absolute atomic E-state index is 11.1. The molecule has 1 heterocycles. The quantitative estimate of drug-likeness (QED) is 0.148. The Hall–Kier alpha value is -3.18. The summed E-state index contributed by atoms with van der Waals surface area (Å²) in [6.07, 6.45) is 16.3. The first-order chi connectivity index (χ1) is 21.0. The monoisotopic (exact) mass is 603 g/mol. The number of hydrogen-bond donors (Lipinski definition) is 2. The van der Waals surface area contributed by atoms with Gasteiger partial charge in [0.1, 0.15) is 17.1 Å². The molecule has 5 heteroatoms. The van der Waals surface area contributed by atoms with Crippen molar-refractivity contribution in [3.63, 3.8) is 0 Å². The minimum Gasteiger partial charge on any atom is -0.507 e. The minimum atomic E-state index is -0.211. The minimum absolute atomic E-state index is 0.211. The summed E-state index contributed by atoms with van der Waals surface area (Å²) in [5.74, 6) is 2.84. The van der Waals surface area contributed by atoms with Gasteiger partial charge in [-0.1, -0.05) is 41.0 Å². The first kappa shape index (κ1) is 35.3. The third-order valence-electron chi connectivity index (χ3n) is 9.06. The van der Waals surface area contributed by atoms with E-state index in [4.69, 9.17) is 14.2 Å². The molecule has 0 bridgehead atoms. The second kappa shape index (κ2) is 16.8. The summed E-state index contributed by atoms with van der Waals surface area (Å²) in [5.41, 5.74) is 9.38. The molecule has 2 aromatic carbocycles. The molecule has 0 saturated carbocycles. The van der Waals surface area contributed by atoms with Crippen molar-refractivity contribution in [2.45, 2.75) is 118 Å². The Bertz CT molecular complexity index is 1350. The molecule has 1 aliphatic rings.